The summed E-state index contributed by atoms with van der Waals surface area (Å²) in [6, 6.07) is -1.85. The molecule has 0 heterocycles. The lowest BCUT2D eigenvalue weighted by molar-refractivity contribution is -0.138. The van der Waals surface area contributed by atoms with E-state index in [1.54, 1.807) is 0 Å². The van der Waals surface area contributed by atoms with Crippen molar-refractivity contribution in [2.24, 2.45) is 22.9 Å². The van der Waals surface area contributed by atoms with Gasteiger partial charge in [-0.15, -0.1) is 0 Å². The normalized spacial score (nSPS) is 11.7. The smallest absolute Gasteiger partial charge is 0.321 e. The van der Waals surface area contributed by atoms with Gasteiger partial charge in [0, 0.05) is 11.5 Å². The van der Waals surface area contributed by atoms with Gasteiger partial charge in [-0.3, -0.25) is 19.2 Å². The molecule has 0 radical (unpaired) electrons. The molecule has 0 saturated heterocycles. The second-order valence-electron chi connectivity index (χ2n) is 3.65. The Balaban J connectivity index is -0.000000361. The van der Waals surface area contributed by atoms with Crippen LogP contribution in [0.4, 0.5) is 0 Å². The van der Waals surface area contributed by atoms with Crippen molar-refractivity contribution in [1.82, 2.24) is 0 Å². The Morgan fingerprint density at radius 3 is 1.04 bits per heavy atom. The van der Waals surface area contributed by atoms with Crippen LogP contribution in [0, 0.1) is 0 Å². The Morgan fingerprint density at radius 2 is 0.917 bits per heavy atom. The Labute approximate surface area is 145 Å². The molecule has 142 valence electrons. The van der Waals surface area contributed by atoms with E-state index in [0.29, 0.717) is 0 Å². The lowest BCUT2D eigenvalue weighted by Crippen LogP contribution is -2.33. The highest BCUT2D eigenvalue weighted by molar-refractivity contribution is 8.76. The van der Waals surface area contributed by atoms with E-state index in [-0.39, 0.29) is 24.6 Å². The van der Waals surface area contributed by atoms with Crippen molar-refractivity contribution in [2.45, 2.75) is 12.1 Å². The van der Waals surface area contributed by atoms with Crippen LogP contribution in [-0.4, -0.2) is 81.0 Å². The number of hydrogen-bond acceptors (Lipinski definition) is 10. The van der Waals surface area contributed by atoms with Crippen LogP contribution in [0.2, 0.25) is 0 Å². The fraction of sp³-hybridized carbons (Fsp3) is 0.600. The van der Waals surface area contributed by atoms with Crippen LogP contribution >= 0.6 is 21.6 Å². The third-order valence-electron chi connectivity index (χ3n) is 1.56. The molecule has 12 nitrogen and oxygen atoms in total. The van der Waals surface area contributed by atoms with Crippen molar-refractivity contribution in [3.63, 3.8) is 0 Å². The third-order valence-corrected chi connectivity index (χ3v) is 4.04. The van der Waals surface area contributed by atoms with Crippen LogP contribution in [0.1, 0.15) is 0 Å². The van der Waals surface area contributed by atoms with E-state index in [2.05, 4.69) is 11.5 Å². The van der Waals surface area contributed by atoms with Gasteiger partial charge in [-0.25, -0.2) is 0 Å². The van der Waals surface area contributed by atoms with Gasteiger partial charge >= 0.3 is 23.9 Å². The number of nitrogens with two attached hydrogens (primary N) is 4. The number of hydrogen-bond donors (Lipinski definition) is 8. The lowest BCUT2D eigenvalue weighted by Gasteiger charge is -2.07. The van der Waals surface area contributed by atoms with Gasteiger partial charge in [-0.05, 0) is 0 Å². The van der Waals surface area contributed by atoms with Crippen molar-refractivity contribution in [3.05, 3.63) is 0 Å². The maximum atomic E-state index is 10.3. The van der Waals surface area contributed by atoms with Crippen LogP contribution < -0.4 is 22.9 Å². The van der Waals surface area contributed by atoms with Crippen molar-refractivity contribution in [1.29, 1.82) is 0 Å². The standard InChI is InChI=1S/C6H12N2O4S2.2C2H5NO2/c7-3(5(9)10)1-13-14-2-4(8)6(11)12;2*3-1-2(4)5/h3-4H,1-2,7-8H2,(H,9,10)(H,11,12);2*1,3H2,(H,4,5)/t3-,4-;;/m0../s1. The van der Waals surface area contributed by atoms with Crippen molar-refractivity contribution >= 4 is 45.5 Å². The van der Waals surface area contributed by atoms with Gasteiger partial charge in [0.15, 0.2) is 0 Å². The molecule has 0 fully saturated rings. The minimum absolute atomic E-state index is 0.229. The zero-order valence-corrected chi connectivity index (χ0v) is 14.2. The molecule has 0 aromatic heterocycles. The van der Waals surface area contributed by atoms with E-state index in [0.717, 1.165) is 0 Å². The Hall–Kier alpha value is -1.58. The molecule has 0 rings (SSSR count). The zero-order valence-electron chi connectivity index (χ0n) is 12.5. The fourth-order valence-electron chi connectivity index (χ4n) is 0.385. The molecule has 0 saturated carbocycles. The van der Waals surface area contributed by atoms with Crippen molar-refractivity contribution in [3.8, 4) is 0 Å². The molecule has 2 atom stereocenters. The molecule has 0 aliphatic rings. The van der Waals surface area contributed by atoms with Crippen LogP contribution in [0.3, 0.4) is 0 Å². The van der Waals surface area contributed by atoms with E-state index in [1.165, 1.54) is 21.6 Å². The number of aliphatic carboxylic acids is 4. The van der Waals surface area contributed by atoms with Crippen molar-refractivity contribution in [2.75, 3.05) is 24.6 Å². The van der Waals surface area contributed by atoms with Crippen molar-refractivity contribution < 1.29 is 39.6 Å². The molecule has 0 amide bonds. The Kier molecular flexibility index (Phi) is 20.2. The minimum atomic E-state index is -1.07. The average molecular weight is 390 g/mol. The Morgan fingerprint density at radius 1 is 0.708 bits per heavy atom. The van der Waals surface area contributed by atoms with Gasteiger partial charge in [0.1, 0.15) is 12.1 Å². The highest BCUT2D eigenvalue weighted by Gasteiger charge is 2.14. The number of carboxylic acid groups (broad SMARTS) is 4. The summed E-state index contributed by atoms with van der Waals surface area (Å²) in [4.78, 5) is 39.0. The number of carboxylic acids is 4. The first-order valence-electron chi connectivity index (χ1n) is 6.04. The third kappa shape index (κ3) is 25.4. The topological polar surface area (TPSA) is 253 Å². The summed E-state index contributed by atoms with van der Waals surface area (Å²) in [6.07, 6.45) is 0. The maximum absolute atomic E-state index is 10.3. The van der Waals surface area contributed by atoms with Crippen LogP contribution in [0.25, 0.3) is 0 Å². The lowest BCUT2D eigenvalue weighted by atomic mass is 10.4. The zero-order chi connectivity index (χ0) is 19.7. The second kappa shape index (κ2) is 17.8. The molecule has 12 N–H and O–H groups in total. The first-order valence-corrected chi connectivity index (χ1v) is 8.53. The monoisotopic (exact) mass is 390 g/mol. The highest BCUT2D eigenvalue weighted by Crippen LogP contribution is 2.22. The van der Waals surface area contributed by atoms with E-state index in [4.69, 9.17) is 31.9 Å². The highest BCUT2D eigenvalue weighted by atomic mass is 33.1. The summed E-state index contributed by atoms with van der Waals surface area (Å²) in [5.74, 6) is -3.62. The van der Waals surface area contributed by atoms with Gasteiger partial charge in [-0.1, -0.05) is 21.6 Å². The first kappa shape index (κ1) is 27.3. The summed E-state index contributed by atoms with van der Waals surface area (Å²) >= 11 is 0. The first-order chi connectivity index (χ1) is 11.0. The molecule has 0 aliphatic carbocycles. The van der Waals surface area contributed by atoms with Gasteiger partial charge < -0.3 is 43.4 Å². The molecular weight excluding hydrogens is 368 g/mol. The van der Waals surface area contributed by atoms with E-state index in [1.807, 2.05) is 0 Å². The molecule has 24 heavy (non-hydrogen) atoms. The van der Waals surface area contributed by atoms with E-state index < -0.39 is 36.0 Å². The van der Waals surface area contributed by atoms with Crippen LogP contribution in [0.5, 0.6) is 0 Å². The largest absolute Gasteiger partial charge is 0.480 e. The minimum Gasteiger partial charge on any atom is -0.480 e. The molecule has 0 aromatic carbocycles. The predicted octanol–water partition coefficient (Wildman–Crippen LogP) is -2.75. The van der Waals surface area contributed by atoms with Gasteiger partial charge in [0.25, 0.3) is 0 Å². The fourth-order valence-corrected chi connectivity index (χ4v) is 2.61. The van der Waals surface area contributed by atoms with Crippen LogP contribution in [-0.2, 0) is 19.2 Å². The summed E-state index contributed by atoms with van der Waals surface area (Å²) < 4.78 is 0. The number of carbonyl (C=O) groups is 4. The average Bonchev–Trinajstić information content (AvgIpc) is 2.51. The molecular formula is C10H22N4O8S2. The molecule has 0 bridgehead atoms. The molecule has 0 spiro atoms. The predicted molar refractivity (Wildman–Crippen MR) is 89.5 cm³/mol. The van der Waals surface area contributed by atoms with E-state index in [9.17, 15) is 19.2 Å². The van der Waals surface area contributed by atoms with Gasteiger partial charge in [0.05, 0.1) is 13.1 Å². The molecule has 14 heteroatoms. The second-order valence-corrected chi connectivity index (χ2v) is 6.21. The van der Waals surface area contributed by atoms with Crippen LogP contribution in [0.15, 0.2) is 0 Å². The summed E-state index contributed by atoms with van der Waals surface area (Å²) in [5.41, 5.74) is 19.6. The summed E-state index contributed by atoms with van der Waals surface area (Å²) in [6.45, 7) is -0.556. The SMILES string of the molecule is NCC(=O)O.NCC(=O)O.N[C@@H](CSSC[C@H](N)C(=O)O)C(=O)O. The molecule has 0 unspecified atom stereocenters. The maximum Gasteiger partial charge on any atom is 0.321 e. The van der Waals surface area contributed by atoms with E-state index >= 15 is 0 Å². The molecule has 0 aliphatic heterocycles. The molecule has 0 aromatic rings. The van der Waals surface area contributed by atoms with Gasteiger partial charge in [-0.2, -0.15) is 0 Å². The number of rotatable bonds is 9. The summed E-state index contributed by atoms with van der Waals surface area (Å²) in [5, 5.41) is 32.0. The van der Waals surface area contributed by atoms with Gasteiger partial charge in [0.2, 0.25) is 0 Å². The summed E-state index contributed by atoms with van der Waals surface area (Å²) in [7, 11) is 2.41. The Bertz CT molecular complexity index is 363. The quantitative estimate of drug-likeness (QED) is 0.147.